The van der Waals surface area contributed by atoms with Crippen molar-refractivity contribution in [2.75, 3.05) is 0 Å². The molecule has 0 fully saturated rings. The third-order valence-corrected chi connectivity index (χ3v) is 5.25. The fourth-order valence-electron chi connectivity index (χ4n) is 2.23. The topological polar surface area (TPSA) is 67.4 Å². The Morgan fingerprint density at radius 1 is 1.07 bits per heavy atom. The zero-order chi connectivity index (χ0) is 19.6. The zero-order valence-corrected chi connectivity index (χ0v) is 15.5. The second-order valence-electron chi connectivity index (χ2n) is 5.54. The Hall–Kier alpha value is -2.71. The van der Waals surface area contributed by atoms with Crippen molar-refractivity contribution < 1.29 is 23.1 Å². The van der Waals surface area contributed by atoms with Crippen LogP contribution in [0, 0.1) is 11.6 Å². The fourth-order valence-corrected chi connectivity index (χ4v) is 3.67. The van der Waals surface area contributed by atoms with Gasteiger partial charge < -0.3 is 4.74 Å². The molecule has 1 unspecified atom stereocenters. The minimum atomic E-state index is -0.942. The normalized spacial score (nSPS) is 11.9. The van der Waals surface area contributed by atoms with Crippen molar-refractivity contribution in [1.82, 2.24) is 10.9 Å². The Morgan fingerprint density at radius 2 is 1.74 bits per heavy atom. The van der Waals surface area contributed by atoms with Gasteiger partial charge in [-0.25, -0.2) is 8.78 Å². The van der Waals surface area contributed by atoms with E-state index in [1.165, 1.54) is 49.4 Å². The summed E-state index contributed by atoms with van der Waals surface area (Å²) < 4.78 is 32.0. The van der Waals surface area contributed by atoms with Crippen LogP contribution >= 0.6 is 22.9 Å². The number of benzene rings is 2. The van der Waals surface area contributed by atoms with Crippen LogP contribution in [0.15, 0.2) is 42.5 Å². The Kier molecular flexibility index (Phi) is 5.57. The average molecular weight is 411 g/mol. The van der Waals surface area contributed by atoms with E-state index < -0.39 is 29.6 Å². The molecule has 0 saturated carbocycles. The summed E-state index contributed by atoms with van der Waals surface area (Å²) in [5.41, 5.74) is 4.48. The molecule has 0 bridgehead atoms. The quantitative estimate of drug-likeness (QED) is 0.637. The van der Waals surface area contributed by atoms with Crippen LogP contribution in [0.5, 0.6) is 5.75 Å². The van der Waals surface area contributed by atoms with Crippen LogP contribution in [0.2, 0.25) is 5.02 Å². The lowest BCUT2D eigenvalue weighted by Gasteiger charge is -2.15. The minimum Gasteiger partial charge on any atom is -0.481 e. The van der Waals surface area contributed by atoms with Crippen molar-refractivity contribution in [3.05, 3.63) is 64.0 Å². The highest BCUT2D eigenvalue weighted by molar-refractivity contribution is 7.21. The van der Waals surface area contributed by atoms with Gasteiger partial charge in [-0.05, 0) is 49.4 Å². The summed E-state index contributed by atoms with van der Waals surface area (Å²) in [4.78, 5) is 24.5. The van der Waals surface area contributed by atoms with Crippen LogP contribution < -0.4 is 15.6 Å². The largest absolute Gasteiger partial charge is 0.481 e. The molecule has 27 heavy (non-hydrogen) atoms. The number of hydrazine groups is 1. The number of carbonyl (C=O) groups excluding carboxylic acids is 2. The van der Waals surface area contributed by atoms with Gasteiger partial charge in [-0.2, -0.15) is 0 Å². The number of halogens is 3. The van der Waals surface area contributed by atoms with Gasteiger partial charge in [0.05, 0.1) is 5.02 Å². The molecule has 1 atom stereocenters. The maximum atomic E-state index is 13.3. The molecule has 3 aromatic rings. The average Bonchev–Trinajstić information content (AvgIpc) is 2.97. The fraction of sp³-hybridized carbons (Fsp3) is 0.111. The van der Waals surface area contributed by atoms with Crippen molar-refractivity contribution >= 4 is 44.8 Å². The molecule has 9 heteroatoms. The van der Waals surface area contributed by atoms with Gasteiger partial charge in [0.1, 0.15) is 22.3 Å². The molecule has 2 amide bonds. The molecule has 0 aliphatic heterocycles. The Bertz CT molecular complexity index is 1010. The molecule has 0 saturated heterocycles. The van der Waals surface area contributed by atoms with E-state index in [4.69, 9.17) is 16.3 Å². The van der Waals surface area contributed by atoms with E-state index in [1.54, 1.807) is 0 Å². The predicted molar refractivity (Wildman–Crippen MR) is 98.9 cm³/mol. The molecule has 2 N–H and O–H groups in total. The Balaban J connectivity index is 1.62. The van der Waals surface area contributed by atoms with Crippen molar-refractivity contribution in [3.63, 3.8) is 0 Å². The van der Waals surface area contributed by atoms with Crippen LogP contribution in [0.4, 0.5) is 8.78 Å². The van der Waals surface area contributed by atoms with E-state index in [-0.39, 0.29) is 9.90 Å². The lowest BCUT2D eigenvalue weighted by molar-refractivity contribution is -0.128. The summed E-state index contributed by atoms with van der Waals surface area (Å²) in [5, 5.41) is 0.727. The number of ether oxygens (including phenoxy) is 1. The number of hydrogen-bond donors (Lipinski definition) is 2. The molecular formula is C18H13ClF2N2O3S. The molecule has 2 aromatic carbocycles. The van der Waals surface area contributed by atoms with Crippen LogP contribution in [-0.2, 0) is 4.79 Å². The molecule has 0 spiro atoms. The van der Waals surface area contributed by atoms with E-state index >= 15 is 0 Å². The summed E-state index contributed by atoms with van der Waals surface area (Å²) in [6, 6.07) is 9.18. The van der Waals surface area contributed by atoms with Crippen LogP contribution in [0.1, 0.15) is 16.6 Å². The summed E-state index contributed by atoms with van der Waals surface area (Å²) >= 11 is 7.17. The van der Waals surface area contributed by atoms with Crippen molar-refractivity contribution in [3.8, 4) is 5.75 Å². The van der Waals surface area contributed by atoms with E-state index in [1.807, 2.05) is 0 Å². The Labute approximate surface area is 161 Å². The maximum absolute atomic E-state index is 13.3. The number of rotatable bonds is 4. The first kappa shape index (κ1) is 19.1. The molecule has 0 aliphatic carbocycles. The molecule has 1 aromatic heterocycles. The van der Waals surface area contributed by atoms with Gasteiger partial charge in [-0.3, -0.25) is 20.4 Å². The van der Waals surface area contributed by atoms with E-state index in [0.717, 1.165) is 11.3 Å². The van der Waals surface area contributed by atoms with Crippen molar-refractivity contribution in [2.24, 2.45) is 0 Å². The number of hydrogen-bond acceptors (Lipinski definition) is 4. The highest BCUT2D eigenvalue weighted by Crippen LogP contribution is 2.35. The van der Waals surface area contributed by atoms with Crippen molar-refractivity contribution in [2.45, 2.75) is 13.0 Å². The Morgan fingerprint density at radius 3 is 2.44 bits per heavy atom. The minimum absolute atomic E-state index is 0.143. The molecule has 0 aliphatic rings. The first-order valence-corrected chi connectivity index (χ1v) is 8.94. The maximum Gasteiger partial charge on any atom is 0.281 e. The number of carbonyl (C=O) groups is 2. The second-order valence-corrected chi connectivity index (χ2v) is 6.97. The van der Waals surface area contributed by atoms with Gasteiger partial charge in [0, 0.05) is 10.1 Å². The smallest absolute Gasteiger partial charge is 0.281 e. The standard InChI is InChI=1S/C18H13ClF2N2O3S/c1-9(26-12-5-2-10(20)3-6-12)17(24)22-23-18(25)16-15(19)13-7-4-11(21)8-14(13)27-16/h2-9H,1H3,(H,22,24)(H,23,25). The molecule has 1 heterocycles. The summed E-state index contributed by atoms with van der Waals surface area (Å²) in [6.07, 6.45) is -0.942. The number of nitrogens with one attached hydrogen (secondary N) is 2. The van der Waals surface area contributed by atoms with Gasteiger partial charge in [0.2, 0.25) is 0 Å². The van der Waals surface area contributed by atoms with Crippen molar-refractivity contribution in [1.29, 1.82) is 0 Å². The van der Waals surface area contributed by atoms with Gasteiger partial charge in [0.15, 0.2) is 6.10 Å². The summed E-state index contributed by atoms with van der Waals surface area (Å²) in [7, 11) is 0. The second kappa shape index (κ2) is 7.89. The molecule has 5 nitrogen and oxygen atoms in total. The van der Waals surface area contributed by atoms with Gasteiger partial charge in [-0.15, -0.1) is 11.3 Å². The monoisotopic (exact) mass is 410 g/mol. The number of thiophene rings is 1. The van der Waals surface area contributed by atoms with Gasteiger partial charge >= 0.3 is 0 Å². The van der Waals surface area contributed by atoms with Crippen LogP contribution in [-0.4, -0.2) is 17.9 Å². The highest BCUT2D eigenvalue weighted by atomic mass is 35.5. The van der Waals surface area contributed by atoms with E-state index in [2.05, 4.69) is 10.9 Å². The molecule has 3 rings (SSSR count). The third-order valence-electron chi connectivity index (χ3n) is 3.59. The summed E-state index contributed by atoms with van der Waals surface area (Å²) in [6.45, 7) is 1.47. The highest BCUT2D eigenvalue weighted by Gasteiger charge is 2.20. The zero-order valence-electron chi connectivity index (χ0n) is 13.9. The third kappa shape index (κ3) is 4.35. The predicted octanol–water partition coefficient (Wildman–Crippen LogP) is 4.06. The SMILES string of the molecule is CC(Oc1ccc(F)cc1)C(=O)NNC(=O)c1sc2cc(F)ccc2c1Cl. The lowest BCUT2D eigenvalue weighted by atomic mass is 10.2. The first-order chi connectivity index (χ1) is 12.8. The van der Waals surface area contributed by atoms with E-state index in [9.17, 15) is 18.4 Å². The molecule has 140 valence electrons. The van der Waals surface area contributed by atoms with Crippen LogP contribution in [0.3, 0.4) is 0 Å². The lowest BCUT2D eigenvalue weighted by Crippen LogP contribution is -2.47. The number of amides is 2. The van der Waals surface area contributed by atoms with Gasteiger partial charge in [-0.1, -0.05) is 11.6 Å². The van der Waals surface area contributed by atoms with Gasteiger partial charge in [0.25, 0.3) is 11.8 Å². The molecule has 0 radical (unpaired) electrons. The first-order valence-electron chi connectivity index (χ1n) is 7.75. The van der Waals surface area contributed by atoms with E-state index in [0.29, 0.717) is 15.8 Å². The summed E-state index contributed by atoms with van der Waals surface area (Å²) in [5.74, 6) is -1.81. The van der Waals surface area contributed by atoms with Crippen LogP contribution in [0.25, 0.3) is 10.1 Å². The molecular weight excluding hydrogens is 398 g/mol. The number of fused-ring (bicyclic) bond motifs is 1.